The quantitative estimate of drug-likeness (QED) is 0.518. The van der Waals surface area contributed by atoms with Crippen molar-refractivity contribution >= 4 is 23.4 Å². The molecule has 2 aromatic rings. The molecule has 0 radical (unpaired) electrons. The number of esters is 1. The second-order valence-electron chi connectivity index (χ2n) is 7.54. The third-order valence-electron chi connectivity index (χ3n) is 5.06. The highest BCUT2D eigenvalue weighted by Gasteiger charge is 2.22. The van der Waals surface area contributed by atoms with Gasteiger partial charge in [-0.05, 0) is 37.5 Å². The van der Waals surface area contributed by atoms with Crippen LogP contribution in [0.2, 0.25) is 0 Å². The van der Waals surface area contributed by atoms with E-state index in [-0.39, 0.29) is 31.1 Å². The number of carbonyl (C=O) groups is 3. The van der Waals surface area contributed by atoms with Crippen molar-refractivity contribution < 1.29 is 19.1 Å². The summed E-state index contributed by atoms with van der Waals surface area (Å²) in [6, 6.07) is 13.6. The monoisotopic (exact) mass is 406 g/mol. The van der Waals surface area contributed by atoms with E-state index in [2.05, 4.69) is 5.10 Å². The molecule has 0 atom stereocenters. The van der Waals surface area contributed by atoms with Gasteiger partial charge in [0.25, 0.3) is 0 Å². The molecule has 0 aromatic heterocycles. The predicted octanol–water partition coefficient (Wildman–Crippen LogP) is 3.75. The van der Waals surface area contributed by atoms with E-state index >= 15 is 0 Å². The van der Waals surface area contributed by atoms with Crippen LogP contribution in [0.3, 0.4) is 0 Å². The van der Waals surface area contributed by atoms with Gasteiger partial charge in [-0.15, -0.1) is 0 Å². The molecule has 156 valence electrons. The normalized spacial score (nSPS) is 13.2. The highest BCUT2D eigenvalue weighted by atomic mass is 16.5. The lowest BCUT2D eigenvalue weighted by molar-refractivity contribution is -0.145. The third-order valence-corrected chi connectivity index (χ3v) is 5.06. The summed E-state index contributed by atoms with van der Waals surface area (Å²) >= 11 is 0. The average molecular weight is 406 g/mol. The largest absolute Gasteiger partial charge is 0.457 e. The number of ketones is 1. The van der Waals surface area contributed by atoms with Gasteiger partial charge in [-0.3, -0.25) is 14.4 Å². The molecule has 1 aliphatic heterocycles. The Bertz CT molecular complexity index is 973. The molecule has 3 rings (SSSR count). The van der Waals surface area contributed by atoms with E-state index in [0.717, 1.165) is 28.0 Å². The zero-order chi connectivity index (χ0) is 21.7. The Morgan fingerprint density at radius 2 is 1.67 bits per heavy atom. The van der Waals surface area contributed by atoms with E-state index in [1.54, 1.807) is 0 Å². The Labute approximate surface area is 176 Å². The Kier molecular flexibility index (Phi) is 6.77. The molecule has 0 unspecified atom stereocenters. The maximum atomic E-state index is 12.5. The zero-order valence-electron chi connectivity index (χ0n) is 17.6. The molecule has 6 nitrogen and oxygen atoms in total. The fourth-order valence-corrected chi connectivity index (χ4v) is 3.72. The van der Waals surface area contributed by atoms with E-state index in [1.807, 2.05) is 63.2 Å². The van der Waals surface area contributed by atoms with Crippen molar-refractivity contribution in [3.8, 4) is 0 Å². The minimum Gasteiger partial charge on any atom is -0.457 e. The van der Waals surface area contributed by atoms with Crippen LogP contribution in [0.1, 0.15) is 51.9 Å². The lowest BCUT2D eigenvalue weighted by Gasteiger charge is -2.12. The first-order chi connectivity index (χ1) is 14.3. The van der Waals surface area contributed by atoms with Gasteiger partial charge in [-0.2, -0.15) is 5.10 Å². The van der Waals surface area contributed by atoms with Crippen LogP contribution in [0.25, 0.3) is 0 Å². The molecule has 1 heterocycles. The number of ether oxygens (including phenoxy) is 1. The number of Topliss-reactive ketones (excluding diaryl/α,β-unsaturated/α-hetero) is 1. The number of rotatable bonds is 7. The Morgan fingerprint density at radius 1 is 1.00 bits per heavy atom. The molecular weight excluding hydrogens is 380 g/mol. The molecule has 0 spiro atoms. The van der Waals surface area contributed by atoms with Crippen molar-refractivity contribution in [2.75, 3.05) is 13.2 Å². The number of hydrogen-bond donors (Lipinski definition) is 0. The first-order valence-electron chi connectivity index (χ1n) is 10.0. The van der Waals surface area contributed by atoms with Crippen LogP contribution in [0.4, 0.5) is 0 Å². The average Bonchev–Trinajstić information content (AvgIpc) is 3.21. The molecule has 6 heteroatoms. The summed E-state index contributed by atoms with van der Waals surface area (Å²) in [4.78, 5) is 36.8. The second-order valence-corrected chi connectivity index (χ2v) is 7.54. The maximum absolute atomic E-state index is 12.5. The molecule has 0 fully saturated rings. The predicted molar refractivity (Wildman–Crippen MR) is 114 cm³/mol. The van der Waals surface area contributed by atoms with Gasteiger partial charge < -0.3 is 4.74 Å². The highest BCUT2D eigenvalue weighted by molar-refractivity contribution is 6.03. The van der Waals surface area contributed by atoms with Gasteiger partial charge in [0.2, 0.25) is 11.7 Å². The van der Waals surface area contributed by atoms with Crippen LogP contribution in [-0.2, 0) is 14.3 Å². The topological polar surface area (TPSA) is 76.0 Å². The lowest BCUT2D eigenvalue weighted by Crippen LogP contribution is -2.24. The van der Waals surface area contributed by atoms with Crippen molar-refractivity contribution in [1.82, 2.24) is 5.01 Å². The second kappa shape index (κ2) is 9.48. The minimum absolute atomic E-state index is 0.00117. The van der Waals surface area contributed by atoms with Crippen LogP contribution >= 0.6 is 0 Å². The third kappa shape index (κ3) is 5.20. The number of aryl methyl sites for hydroxylation is 3. The van der Waals surface area contributed by atoms with Crippen LogP contribution in [0.5, 0.6) is 0 Å². The summed E-state index contributed by atoms with van der Waals surface area (Å²) in [6.07, 6.45) is 0.607. The van der Waals surface area contributed by atoms with Gasteiger partial charge in [0, 0.05) is 18.4 Å². The van der Waals surface area contributed by atoms with Gasteiger partial charge in [-0.1, -0.05) is 48.0 Å². The minimum atomic E-state index is -0.564. The molecule has 1 amide bonds. The summed E-state index contributed by atoms with van der Waals surface area (Å²) in [5.74, 6) is -1.03. The smallest absolute Gasteiger partial charge is 0.306 e. The Morgan fingerprint density at radius 3 is 2.33 bits per heavy atom. The highest BCUT2D eigenvalue weighted by Crippen LogP contribution is 2.18. The summed E-state index contributed by atoms with van der Waals surface area (Å²) in [6.45, 7) is 5.89. The maximum Gasteiger partial charge on any atom is 0.306 e. The lowest BCUT2D eigenvalue weighted by atomic mass is 9.97. The summed E-state index contributed by atoms with van der Waals surface area (Å²) < 4.78 is 5.11. The van der Waals surface area contributed by atoms with Crippen molar-refractivity contribution in [2.24, 2.45) is 5.10 Å². The van der Waals surface area contributed by atoms with Crippen LogP contribution in [0, 0.1) is 20.8 Å². The Balaban J connectivity index is 1.48. The molecule has 30 heavy (non-hydrogen) atoms. The summed E-state index contributed by atoms with van der Waals surface area (Å²) in [5, 5.41) is 5.77. The number of hydrogen-bond acceptors (Lipinski definition) is 5. The van der Waals surface area contributed by atoms with E-state index in [0.29, 0.717) is 18.5 Å². The number of benzene rings is 2. The zero-order valence-corrected chi connectivity index (χ0v) is 17.6. The fraction of sp³-hybridized carbons (Fsp3) is 0.333. The van der Waals surface area contributed by atoms with Crippen molar-refractivity contribution in [1.29, 1.82) is 0 Å². The number of carbonyl (C=O) groups excluding carboxylic acids is 3. The first kappa shape index (κ1) is 21.4. The van der Waals surface area contributed by atoms with Gasteiger partial charge in [0.05, 0.1) is 18.7 Å². The van der Waals surface area contributed by atoms with Crippen molar-refractivity contribution in [3.05, 3.63) is 70.3 Å². The van der Waals surface area contributed by atoms with Gasteiger partial charge in [0.1, 0.15) is 0 Å². The van der Waals surface area contributed by atoms with Crippen molar-refractivity contribution in [2.45, 2.75) is 40.0 Å². The van der Waals surface area contributed by atoms with Gasteiger partial charge in [-0.25, -0.2) is 5.01 Å². The molecule has 0 saturated carbocycles. The fourth-order valence-electron chi connectivity index (χ4n) is 3.72. The molecule has 0 aliphatic carbocycles. The van der Waals surface area contributed by atoms with Gasteiger partial charge >= 0.3 is 5.97 Å². The molecule has 0 saturated heterocycles. The SMILES string of the molecule is Cc1cc(C)c(C(=O)COC(=O)CCC(=O)N2CCC(c3ccccc3)=N2)c(C)c1. The number of hydrazone groups is 1. The van der Waals surface area contributed by atoms with E-state index in [4.69, 9.17) is 4.74 Å². The van der Waals surface area contributed by atoms with Crippen molar-refractivity contribution in [3.63, 3.8) is 0 Å². The van der Waals surface area contributed by atoms with Crippen LogP contribution in [-0.4, -0.2) is 41.5 Å². The van der Waals surface area contributed by atoms with E-state index in [9.17, 15) is 14.4 Å². The number of nitrogens with zero attached hydrogens (tertiary/aromatic N) is 2. The van der Waals surface area contributed by atoms with E-state index in [1.165, 1.54) is 5.01 Å². The van der Waals surface area contributed by atoms with Gasteiger partial charge in [0.15, 0.2) is 6.61 Å². The van der Waals surface area contributed by atoms with Crippen LogP contribution < -0.4 is 0 Å². The standard InChI is InChI=1S/C24H26N2O4/c1-16-13-17(2)24(18(3)14-16)21(27)15-30-23(29)10-9-22(28)26-12-11-20(25-26)19-7-5-4-6-8-19/h4-8,13-14H,9-12,15H2,1-3H3. The molecule has 2 aromatic carbocycles. The summed E-state index contributed by atoms with van der Waals surface area (Å²) in [7, 11) is 0. The first-order valence-corrected chi connectivity index (χ1v) is 10.0. The molecule has 0 N–H and O–H groups in total. The Hall–Kier alpha value is -3.28. The number of amides is 1. The van der Waals surface area contributed by atoms with E-state index < -0.39 is 5.97 Å². The molecule has 1 aliphatic rings. The molecule has 0 bridgehead atoms. The summed E-state index contributed by atoms with van der Waals surface area (Å²) in [5.41, 5.74) is 5.25. The molecular formula is C24H26N2O4. The van der Waals surface area contributed by atoms with Crippen LogP contribution in [0.15, 0.2) is 47.6 Å².